The minimum atomic E-state index is -0.149. The van der Waals surface area contributed by atoms with Gasteiger partial charge in [0.25, 0.3) is 5.91 Å². The number of carbonyl (C=O) groups is 2. The third-order valence-corrected chi connectivity index (χ3v) is 6.26. The summed E-state index contributed by atoms with van der Waals surface area (Å²) in [4.78, 5) is 28.1. The number of aromatic nitrogens is 2. The van der Waals surface area contributed by atoms with Crippen LogP contribution in [0.2, 0.25) is 0 Å². The van der Waals surface area contributed by atoms with Crippen LogP contribution < -0.4 is 0 Å². The summed E-state index contributed by atoms with van der Waals surface area (Å²) in [6.45, 7) is 1.17. The number of Topliss-reactive ketones (excluding diaryl/α,β-unsaturated/α-hetero) is 1. The van der Waals surface area contributed by atoms with Crippen LogP contribution in [0.25, 0.3) is 10.8 Å². The van der Waals surface area contributed by atoms with Gasteiger partial charge in [-0.2, -0.15) is 5.10 Å². The number of amides is 1. The molecule has 0 saturated carbocycles. The van der Waals surface area contributed by atoms with E-state index in [-0.39, 0.29) is 17.6 Å². The molecule has 1 atom stereocenters. The molecule has 5 heteroatoms. The highest BCUT2D eigenvalue weighted by atomic mass is 16.2. The highest BCUT2D eigenvalue weighted by molar-refractivity contribution is 6.11. The zero-order valence-electron chi connectivity index (χ0n) is 16.0. The molecule has 0 spiro atoms. The van der Waals surface area contributed by atoms with Crippen molar-refractivity contribution >= 4 is 22.5 Å². The molecule has 1 aliphatic heterocycles. The Labute approximate surface area is 163 Å². The summed E-state index contributed by atoms with van der Waals surface area (Å²) in [7, 11) is 1.77. The van der Waals surface area contributed by atoms with E-state index in [4.69, 9.17) is 0 Å². The first-order chi connectivity index (χ1) is 13.6. The molecule has 0 radical (unpaired) electrons. The molecule has 28 heavy (non-hydrogen) atoms. The predicted octanol–water partition coefficient (Wildman–Crippen LogP) is 3.41. The first-order valence-corrected chi connectivity index (χ1v) is 9.98. The summed E-state index contributed by atoms with van der Waals surface area (Å²) >= 11 is 0. The van der Waals surface area contributed by atoms with E-state index in [9.17, 15) is 9.59 Å². The van der Waals surface area contributed by atoms with Crippen molar-refractivity contribution in [2.24, 2.45) is 13.0 Å². The van der Waals surface area contributed by atoms with Crippen LogP contribution in [0.1, 0.15) is 44.8 Å². The van der Waals surface area contributed by atoms with E-state index in [2.05, 4.69) is 29.4 Å². The van der Waals surface area contributed by atoms with Gasteiger partial charge in [0, 0.05) is 37.8 Å². The first kappa shape index (κ1) is 17.2. The van der Waals surface area contributed by atoms with Gasteiger partial charge in [-0.1, -0.05) is 30.3 Å². The van der Waals surface area contributed by atoms with Gasteiger partial charge in [-0.3, -0.25) is 14.3 Å². The Morgan fingerprint density at radius 2 is 1.89 bits per heavy atom. The number of carbonyl (C=O) groups excluding carboxylic acids is 2. The molecule has 2 aromatic carbocycles. The van der Waals surface area contributed by atoms with Crippen molar-refractivity contribution in [2.75, 3.05) is 13.1 Å². The summed E-state index contributed by atoms with van der Waals surface area (Å²) < 4.78 is 1.59. The Bertz CT molecular complexity index is 1090. The zero-order valence-corrected chi connectivity index (χ0v) is 16.0. The maximum Gasteiger partial charge on any atom is 0.272 e. The monoisotopic (exact) mass is 373 g/mol. The Kier molecular flexibility index (Phi) is 4.04. The molecule has 1 aliphatic carbocycles. The van der Waals surface area contributed by atoms with Crippen molar-refractivity contribution in [1.29, 1.82) is 0 Å². The van der Waals surface area contributed by atoms with Gasteiger partial charge >= 0.3 is 0 Å². The average molecular weight is 373 g/mol. The van der Waals surface area contributed by atoms with Gasteiger partial charge in [-0.25, -0.2) is 0 Å². The summed E-state index contributed by atoms with van der Waals surface area (Å²) in [6.07, 6.45) is 5.42. The highest BCUT2D eigenvalue weighted by Crippen LogP contribution is 2.34. The molecule has 5 rings (SSSR count). The molecule has 0 bridgehead atoms. The second-order valence-corrected chi connectivity index (χ2v) is 7.91. The number of ketones is 1. The third kappa shape index (κ3) is 2.65. The quantitative estimate of drug-likeness (QED) is 0.661. The molecule has 0 unspecified atom stereocenters. The Morgan fingerprint density at radius 3 is 2.68 bits per heavy atom. The number of nitrogens with zero attached hydrogens (tertiary/aromatic N) is 3. The highest BCUT2D eigenvalue weighted by Gasteiger charge is 2.31. The number of benzene rings is 2. The molecule has 5 nitrogen and oxygen atoms in total. The van der Waals surface area contributed by atoms with Crippen LogP contribution in [0, 0.1) is 5.92 Å². The second kappa shape index (κ2) is 6.59. The number of piperidine rings is 1. The number of hydrogen-bond acceptors (Lipinski definition) is 3. The fraction of sp³-hybridized carbons (Fsp3) is 0.348. The van der Waals surface area contributed by atoms with Gasteiger partial charge in [0.05, 0.1) is 0 Å². The fourth-order valence-electron chi connectivity index (χ4n) is 4.80. The van der Waals surface area contributed by atoms with Crippen molar-refractivity contribution in [3.05, 3.63) is 65.0 Å². The second-order valence-electron chi connectivity index (χ2n) is 7.91. The van der Waals surface area contributed by atoms with Crippen molar-refractivity contribution < 1.29 is 9.59 Å². The van der Waals surface area contributed by atoms with Crippen molar-refractivity contribution in [1.82, 2.24) is 14.7 Å². The summed E-state index contributed by atoms with van der Waals surface area (Å²) in [5, 5.41) is 6.44. The zero-order chi connectivity index (χ0) is 19.3. The van der Waals surface area contributed by atoms with Gasteiger partial charge in [0.2, 0.25) is 0 Å². The molecule has 1 fully saturated rings. The van der Waals surface area contributed by atoms with E-state index >= 15 is 0 Å². The molecular weight excluding hydrogens is 350 g/mol. The third-order valence-electron chi connectivity index (χ3n) is 6.26. The van der Waals surface area contributed by atoms with Crippen LogP contribution in [0.5, 0.6) is 0 Å². The molecule has 142 valence electrons. The van der Waals surface area contributed by atoms with Gasteiger partial charge in [-0.05, 0) is 53.6 Å². The summed E-state index contributed by atoms with van der Waals surface area (Å²) in [5.41, 5.74) is 4.07. The molecule has 1 saturated heterocycles. The molecule has 0 N–H and O–H groups in total. The van der Waals surface area contributed by atoms with Crippen molar-refractivity contribution in [2.45, 2.75) is 25.7 Å². The van der Waals surface area contributed by atoms with E-state index in [0.717, 1.165) is 36.6 Å². The predicted molar refractivity (Wildman–Crippen MR) is 108 cm³/mol. The van der Waals surface area contributed by atoms with Gasteiger partial charge in [-0.15, -0.1) is 0 Å². The van der Waals surface area contributed by atoms with Crippen LogP contribution in [0.3, 0.4) is 0 Å². The minimum Gasteiger partial charge on any atom is -0.337 e. The maximum atomic E-state index is 13.4. The molecule has 1 aromatic heterocycles. The molecule has 3 aromatic rings. The topological polar surface area (TPSA) is 55.2 Å². The molecule has 1 amide bonds. The van der Waals surface area contributed by atoms with E-state index < -0.39 is 0 Å². The lowest BCUT2D eigenvalue weighted by Gasteiger charge is -2.32. The number of likely N-dealkylation sites (tertiary alicyclic amines) is 1. The molecule has 2 heterocycles. The fourth-order valence-corrected chi connectivity index (χ4v) is 4.80. The van der Waals surface area contributed by atoms with E-state index in [1.165, 1.54) is 16.5 Å². The lowest BCUT2D eigenvalue weighted by Crippen LogP contribution is -2.43. The Hall–Kier alpha value is -2.95. The standard InChI is InChI=1S/C23H23N3O2/c1-25-20(11-12-24-25)23(28)26-13-3-5-17(14-26)22(27)19-10-9-16-8-7-15-4-2-6-18(19)21(15)16/h2,4,6,9-12,17H,3,5,7-8,13-14H2,1H3/t17-/m0/s1. The van der Waals surface area contributed by atoms with Crippen LogP contribution in [0.15, 0.2) is 42.6 Å². The van der Waals surface area contributed by atoms with E-state index in [0.29, 0.717) is 18.8 Å². The summed E-state index contributed by atoms with van der Waals surface area (Å²) in [5.74, 6) is -0.0274. The number of aryl methyl sites for hydroxylation is 3. The largest absolute Gasteiger partial charge is 0.337 e. The minimum absolute atomic E-state index is 0.0436. The van der Waals surface area contributed by atoms with Crippen LogP contribution in [-0.2, 0) is 19.9 Å². The number of rotatable bonds is 3. The van der Waals surface area contributed by atoms with E-state index in [1.807, 2.05) is 11.0 Å². The van der Waals surface area contributed by atoms with Crippen LogP contribution >= 0.6 is 0 Å². The molecule has 2 aliphatic rings. The maximum absolute atomic E-state index is 13.4. The van der Waals surface area contributed by atoms with Crippen molar-refractivity contribution in [3.63, 3.8) is 0 Å². The first-order valence-electron chi connectivity index (χ1n) is 9.98. The normalized spacial score (nSPS) is 18.6. The SMILES string of the molecule is Cn1nccc1C(=O)N1CCC[C@H](C(=O)c2ccc3c4c(cccc24)CC3)C1. The van der Waals surface area contributed by atoms with Crippen molar-refractivity contribution in [3.8, 4) is 0 Å². The lowest BCUT2D eigenvalue weighted by molar-refractivity contribution is 0.0628. The number of hydrogen-bond donors (Lipinski definition) is 0. The van der Waals surface area contributed by atoms with Gasteiger partial charge in [0.15, 0.2) is 5.78 Å². The Balaban J connectivity index is 1.44. The lowest BCUT2D eigenvalue weighted by atomic mass is 9.87. The van der Waals surface area contributed by atoms with E-state index in [1.54, 1.807) is 24.0 Å². The molecular formula is C23H23N3O2. The van der Waals surface area contributed by atoms with Gasteiger partial charge in [0.1, 0.15) is 5.69 Å². The average Bonchev–Trinajstić information content (AvgIpc) is 3.35. The summed E-state index contributed by atoms with van der Waals surface area (Å²) in [6, 6.07) is 12.1. The Morgan fingerprint density at radius 1 is 1.07 bits per heavy atom. The smallest absolute Gasteiger partial charge is 0.272 e. The van der Waals surface area contributed by atoms with Crippen LogP contribution in [0.4, 0.5) is 0 Å². The van der Waals surface area contributed by atoms with Crippen LogP contribution in [-0.4, -0.2) is 39.5 Å². The van der Waals surface area contributed by atoms with Gasteiger partial charge < -0.3 is 4.90 Å².